The summed E-state index contributed by atoms with van der Waals surface area (Å²) in [6, 6.07) is 14.8. The predicted molar refractivity (Wildman–Crippen MR) is 132 cm³/mol. The molecule has 2 aromatic rings. The molecular formula is C27H35N3O4. The van der Waals surface area contributed by atoms with Crippen molar-refractivity contribution in [2.75, 3.05) is 31.4 Å². The SMILES string of the molecule is CC1(C)C[C@H](NC2CCN(c3ccc(C(=O)NCc4ccc5c(c4)OCO5)cc3)CC2)CCO1. The van der Waals surface area contributed by atoms with Gasteiger partial charge >= 0.3 is 0 Å². The second-order valence-electron chi connectivity index (χ2n) is 10.1. The minimum Gasteiger partial charge on any atom is -0.454 e. The van der Waals surface area contributed by atoms with Crippen LogP contribution in [0.5, 0.6) is 11.5 Å². The van der Waals surface area contributed by atoms with Crippen LogP contribution in [0.15, 0.2) is 42.5 Å². The van der Waals surface area contributed by atoms with E-state index < -0.39 is 0 Å². The van der Waals surface area contributed by atoms with Gasteiger partial charge in [0.25, 0.3) is 5.91 Å². The van der Waals surface area contributed by atoms with Gasteiger partial charge in [-0.25, -0.2) is 0 Å². The van der Waals surface area contributed by atoms with E-state index >= 15 is 0 Å². The summed E-state index contributed by atoms with van der Waals surface area (Å²) in [5, 5.41) is 6.87. The summed E-state index contributed by atoms with van der Waals surface area (Å²) in [7, 11) is 0. The smallest absolute Gasteiger partial charge is 0.251 e. The first-order valence-corrected chi connectivity index (χ1v) is 12.4. The summed E-state index contributed by atoms with van der Waals surface area (Å²) in [4.78, 5) is 15.0. The first kappa shape index (κ1) is 23.0. The lowest BCUT2D eigenvalue weighted by atomic mass is 9.92. The zero-order chi connectivity index (χ0) is 23.5. The monoisotopic (exact) mass is 465 g/mol. The highest BCUT2D eigenvalue weighted by atomic mass is 16.7. The van der Waals surface area contributed by atoms with Crippen molar-refractivity contribution in [3.8, 4) is 11.5 Å². The number of hydrogen-bond acceptors (Lipinski definition) is 6. The third-order valence-corrected chi connectivity index (χ3v) is 7.05. The largest absolute Gasteiger partial charge is 0.454 e. The van der Waals surface area contributed by atoms with Crippen LogP contribution in [0.2, 0.25) is 0 Å². The summed E-state index contributed by atoms with van der Waals surface area (Å²) >= 11 is 0. The number of nitrogens with zero attached hydrogens (tertiary/aromatic N) is 1. The van der Waals surface area contributed by atoms with Gasteiger partial charge in [-0.2, -0.15) is 0 Å². The van der Waals surface area contributed by atoms with Crippen LogP contribution in [0.1, 0.15) is 55.5 Å². The van der Waals surface area contributed by atoms with Crippen molar-refractivity contribution < 1.29 is 19.0 Å². The van der Waals surface area contributed by atoms with Crippen molar-refractivity contribution in [3.05, 3.63) is 53.6 Å². The first-order chi connectivity index (χ1) is 16.4. The van der Waals surface area contributed by atoms with Gasteiger partial charge in [0.05, 0.1) is 5.60 Å². The molecule has 1 amide bonds. The minimum atomic E-state index is -0.0773. The molecule has 3 aliphatic rings. The molecular weight excluding hydrogens is 430 g/mol. The van der Waals surface area contributed by atoms with Crippen LogP contribution in [0.3, 0.4) is 0 Å². The summed E-state index contributed by atoms with van der Waals surface area (Å²) in [5.41, 5.74) is 2.81. The molecule has 0 spiro atoms. The number of carbonyl (C=O) groups excluding carboxylic acids is 1. The van der Waals surface area contributed by atoms with Crippen molar-refractivity contribution in [1.29, 1.82) is 0 Å². The molecule has 7 nitrogen and oxygen atoms in total. The Morgan fingerprint density at radius 1 is 1.00 bits per heavy atom. The maximum atomic E-state index is 12.6. The second-order valence-corrected chi connectivity index (χ2v) is 10.1. The third kappa shape index (κ3) is 5.47. The molecule has 2 fully saturated rings. The van der Waals surface area contributed by atoms with E-state index in [1.807, 2.05) is 30.3 Å². The molecule has 1 atom stereocenters. The molecule has 0 bridgehead atoms. The van der Waals surface area contributed by atoms with Gasteiger partial charge in [0, 0.05) is 49.6 Å². The maximum absolute atomic E-state index is 12.6. The van der Waals surface area contributed by atoms with E-state index in [1.165, 1.54) is 5.69 Å². The first-order valence-electron chi connectivity index (χ1n) is 12.4. The number of rotatable bonds is 6. The molecule has 0 unspecified atom stereocenters. The molecule has 0 aliphatic carbocycles. The average Bonchev–Trinajstić information content (AvgIpc) is 3.30. The Hall–Kier alpha value is -2.77. The molecule has 182 valence electrons. The van der Waals surface area contributed by atoms with Gasteiger partial charge in [-0.3, -0.25) is 4.79 Å². The average molecular weight is 466 g/mol. The van der Waals surface area contributed by atoms with Crippen LogP contribution in [0.25, 0.3) is 0 Å². The molecule has 0 radical (unpaired) electrons. The number of nitrogens with one attached hydrogen (secondary N) is 2. The van der Waals surface area contributed by atoms with Gasteiger partial charge in [0.2, 0.25) is 6.79 Å². The number of amides is 1. The van der Waals surface area contributed by atoms with Gasteiger partial charge in [0.15, 0.2) is 11.5 Å². The second kappa shape index (κ2) is 9.84. The zero-order valence-corrected chi connectivity index (χ0v) is 20.1. The molecule has 2 N–H and O–H groups in total. The summed E-state index contributed by atoms with van der Waals surface area (Å²) < 4.78 is 16.6. The third-order valence-electron chi connectivity index (χ3n) is 7.05. The number of carbonyl (C=O) groups is 1. The number of ether oxygens (including phenoxy) is 3. The van der Waals surface area contributed by atoms with Gasteiger partial charge in [-0.1, -0.05) is 6.07 Å². The Bertz CT molecular complexity index is 999. The fourth-order valence-corrected chi connectivity index (χ4v) is 5.17. The minimum absolute atomic E-state index is 0.0187. The van der Waals surface area contributed by atoms with Crippen LogP contribution in [0, 0.1) is 0 Å². The Kier molecular flexibility index (Phi) is 6.66. The Morgan fingerprint density at radius 3 is 2.53 bits per heavy atom. The van der Waals surface area contributed by atoms with Crippen molar-refractivity contribution in [2.24, 2.45) is 0 Å². The molecule has 0 saturated carbocycles. The Balaban J connectivity index is 1.09. The molecule has 0 aromatic heterocycles. The van der Waals surface area contributed by atoms with Gasteiger partial charge < -0.3 is 29.7 Å². The highest BCUT2D eigenvalue weighted by Crippen LogP contribution is 2.32. The number of piperidine rings is 1. The van der Waals surface area contributed by atoms with E-state index in [2.05, 4.69) is 41.5 Å². The Labute approximate surface area is 201 Å². The fourth-order valence-electron chi connectivity index (χ4n) is 5.17. The summed E-state index contributed by atoms with van der Waals surface area (Å²) in [6.07, 6.45) is 4.44. The van der Waals surface area contributed by atoms with E-state index in [-0.39, 0.29) is 18.3 Å². The lowest BCUT2D eigenvalue weighted by molar-refractivity contribution is -0.0644. The highest BCUT2D eigenvalue weighted by molar-refractivity contribution is 5.94. The summed E-state index contributed by atoms with van der Waals surface area (Å²) in [6.45, 7) is 7.97. The fraction of sp³-hybridized carbons (Fsp3) is 0.519. The molecule has 7 heteroatoms. The van der Waals surface area contributed by atoms with E-state index in [9.17, 15) is 4.79 Å². The van der Waals surface area contributed by atoms with Crippen molar-refractivity contribution >= 4 is 11.6 Å². The summed E-state index contributed by atoms with van der Waals surface area (Å²) in [5.74, 6) is 1.40. The van der Waals surface area contributed by atoms with Crippen LogP contribution in [0.4, 0.5) is 5.69 Å². The number of hydrogen-bond donors (Lipinski definition) is 2. The van der Waals surface area contributed by atoms with Crippen molar-refractivity contribution in [1.82, 2.24) is 10.6 Å². The molecule has 2 aromatic carbocycles. The molecule has 3 heterocycles. The van der Waals surface area contributed by atoms with Crippen LogP contribution >= 0.6 is 0 Å². The lowest BCUT2D eigenvalue weighted by Gasteiger charge is -2.40. The molecule has 2 saturated heterocycles. The van der Waals surface area contributed by atoms with Gasteiger partial charge in [-0.05, 0) is 81.5 Å². The number of anilines is 1. The normalized spacial score (nSPS) is 21.9. The molecule has 34 heavy (non-hydrogen) atoms. The van der Waals surface area contributed by atoms with Crippen molar-refractivity contribution in [2.45, 2.75) is 63.8 Å². The van der Waals surface area contributed by atoms with Crippen LogP contribution in [-0.4, -0.2) is 50.1 Å². The topological polar surface area (TPSA) is 72.1 Å². The van der Waals surface area contributed by atoms with E-state index in [4.69, 9.17) is 14.2 Å². The van der Waals surface area contributed by atoms with Crippen LogP contribution < -0.4 is 25.0 Å². The van der Waals surface area contributed by atoms with Gasteiger partial charge in [0.1, 0.15) is 0 Å². The highest BCUT2D eigenvalue weighted by Gasteiger charge is 2.31. The Morgan fingerprint density at radius 2 is 1.76 bits per heavy atom. The number of fused-ring (bicyclic) bond motifs is 1. The van der Waals surface area contributed by atoms with Gasteiger partial charge in [-0.15, -0.1) is 0 Å². The predicted octanol–water partition coefficient (Wildman–Crippen LogP) is 3.86. The quantitative estimate of drug-likeness (QED) is 0.675. The standard InChI is InChI=1S/C27H35N3O4/c1-27(2)16-22(11-14-34-27)29-21-9-12-30(13-10-21)23-6-4-20(5-7-23)26(31)28-17-19-3-8-24-25(15-19)33-18-32-24/h3-8,15,21-22,29H,9-14,16-18H2,1-2H3,(H,28,31)/t22-/m1/s1. The van der Waals surface area contributed by atoms with Crippen molar-refractivity contribution in [3.63, 3.8) is 0 Å². The number of benzene rings is 2. The van der Waals surface area contributed by atoms with E-state index in [0.29, 0.717) is 24.2 Å². The molecule has 3 aliphatic heterocycles. The van der Waals surface area contributed by atoms with Crippen LogP contribution in [-0.2, 0) is 11.3 Å². The van der Waals surface area contributed by atoms with E-state index in [1.54, 1.807) is 0 Å². The maximum Gasteiger partial charge on any atom is 0.251 e. The lowest BCUT2D eigenvalue weighted by Crippen LogP contribution is -2.50. The van der Waals surface area contributed by atoms with E-state index in [0.717, 1.165) is 62.4 Å². The zero-order valence-electron chi connectivity index (χ0n) is 20.1. The molecule has 5 rings (SSSR count).